The molecule has 1 aromatic heterocycles. The van der Waals surface area contributed by atoms with Gasteiger partial charge in [0, 0.05) is 17.8 Å². The third kappa shape index (κ3) is 5.54. The first-order valence-corrected chi connectivity index (χ1v) is 8.19. The molecule has 7 heteroatoms. The minimum absolute atomic E-state index is 0.171. The lowest BCUT2D eigenvalue weighted by Crippen LogP contribution is -2.27. The van der Waals surface area contributed by atoms with Crippen LogP contribution in [0.4, 0.5) is 0 Å². The van der Waals surface area contributed by atoms with Crippen molar-refractivity contribution >= 4 is 17.5 Å². The predicted octanol–water partition coefficient (Wildman–Crippen LogP) is 2.56. The van der Waals surface area contributed by atoms with Gasteiger partial charge in [-0.1, -0.05) is 11.6 Å². The Balaban J connectivity index is 1.81. The summed E-state index contributed by atoms with van der Waals surface area (Å²) in [4.78, 5) is 14.1. The standard InChI is InChI=1S/C17H23ClN4O2/c1-13-11-14(5-6-15(13)18)24-12-22-10-7-16(20-22)17(23)19-8-4-9-21(2)3/h5-7,10-11H,4,8-9,12H2,1-3H3,(H,19,23). The van der Waals surface area contributed by atoms with E-state index in [-0.39, 0.29) is 12.6 Å². The molecule has 1 aromatic carbocycles. The lowest BCUT2D eigenvalue weighted by molar-refractivity contribution is 0.0945. The molecule has 2 rings (SSSR count). The van der Waals surface area contributed by atoms with E-state index in [1.165, 1.54) is 0 Å². The van der Waals surface area contributed by atoms with Crippen LogP contribution in [0.1, 0.15) is 22.5 Å². The molecule has 0 saturated carbocycles. The molecule has 2 aromatic rings. The minimum atomic E-state index is -0.171. The lowest BCUT2D eigenvalue weighted by atomic mass is 10.2. The molecule has 0 bridgehead atoms. The zero-order chi connectivity index (χ0) is 17.5. The van der Waals surface area contributed by atoms with Gasteiger partial charge < -0.3 is 15.0 Å². The Kier molecular flexibility index (Phi) is 6.63. The van der Waals surface area contributed by atoms with Gasteiger partial charge in [-0.05, 0) is 63.8 Å². The van der Waals surface area contributed by atoms with Gasteiger partial charge in [0.15, 0.2) is 6.73 Å². The predicted molar refractivity (Wildman–Crippen MR) is 94.5 cm³/mol. The summed E-state index contributed by atoms with van der Waals surface area (Å²) < 4.78 is 7.23. The van der Waals surface area contributed by atoms with Crippen molar-refractivity contribution in [3.63, 3.8) is 0 Å². The van der Waals surface area contributed by atoms with Gasteiger partial charge in [0.1, 0.15) is 11.4 Å². The number of hydrogen-bond donors (Lipinski definition) is 1. The van der Waals surface area contributed by atoms with E-state index in [4.69, 9.17) is 16.3 Å². The van der Waals surface area contributed by atoms with Gasteiger partial charge in [-0.2, -0.15) is 5.10 Å². The quantitative estimate of drug-likeness (QED) is 0.743. The number of nitrogens with one attached hydrogen (secondary N) is 1. The van der Waals surface area contributed by atoms with Crippen molar-refractivity contribution in [3.05, 3.63) is 46.7 Å². The number of ether oxygens (including phenoxy) is 1. The van der Waals surface area contributed by atoms with Crippen molar-refractivity contribution in [3.8, 4) is 5.75 Å². The van der Waals surface area contributed by atoms with Gasteiger partial charge in [-0.25, -0.2) is 4.68 Å². The molecular formula is C17H23ClN4O2. The molecule has 1 heterocycles. The molecular weight excluding hydrogens is 328 g/mol. The summed E-state index contributed by atoms with van der Waals surface area (Å²) in [5.74, 6) is 0.539. The van der Waals surface area contributed by atoms with E-state index in [0.717, 1.165) is 18.5 Å². The molecule has 0 saturated heterocycles. The highest BCUT2D eigenvalue weighted by Crippen LogP contribution is 2.21. The summed E-state index contributed by atoms with van der Waals surface area (Å²) in [6, 6.07) is 7.14. The Bertz CT molecular complexity index is 685. The Morgan fingerprint density at radius 2 is 2.17 bits per heavy atom. The number of benzene rings is 1. The third-order valence-electron chi connectivity index (χ3n) is 3.43. The molecule has 0 spiro atoms. The van der Waals surface area contributed by atoms with Crippen LogP contribution < -0.4 is 10.1 Å². The van der Waals surface area contributed by atoms with Crippen LogP contribution in [0.2, 0.25) is 5.02 Å². The second kappa shape index (κ2) is 8.70. The van der Waals surface area contributed by atoms with Crippen molar-refractivity contribution in [1.29, 1.82) is 0 Å². The molecule has 0 aliphatic rings. The number of amides is 1. The summed E-state index contributed by atoms with van der Waals surface area (Å²) in [6.07, 6.45) is 2.62. The first kappa shape index (κ1) is 18.3. The van der Waals surface area contributed by atoms with Crippen LogP contribution in [0.3, 0.4) is 0 Å². The van der Waals surface area contributed by atoms with Crippen molar-refractivity contribution in [2.75, 3.05) is 27.2 Å². The first-order chi connectivity index (χ1) is 11.5. The Labute approximate surface area is 147 Å². The fourth-order valence-electron chi connectivity index (χ4n) is 2.09. The summed E-state index contributed by atoms with van der Waals surface area (Å²) >= 11 is 5.99. The smallest absolute Gasteiger partial charge is 0.271 e. The maximum absolute atomic E-state index is 12.0. The van der Waals surface area contributed by atoms with Crippen LogP contribution in [-0.2, 0) is 6.73 Å². The Hall–Kier alpha value is -2.05. The normalized spacial score (nSPS) is 10.9. The summed E-state index contributed by atoms with van der Waals surface area (Å²) in [7, 11) is 4.01. The number of aryl methyl sites for hydroxylation is 1. The third-order valence-corrected chi connectivity index (χ3v) is 3.86. The van der Waals surface area contributed by atoms with Gasteiger partial charge in [-0.3, -0.25) is 4.79 Å². The van der Waals surface area contributed by atoms with E-state index in [0.29, 0.717) is 23.0 Å². The number of hydrogen-bond acceptors (Lipinski definition) is 4. The van der Waals surface area contributed by atoms with Crippen LogP contribution in [0, 0.1) is 6.92 Å². The zero-order valence-corrected chi connectivity index (χ0v) is 15.0. The second-order valence-electron chi connectivity index (χ2n) is 5.84. The van der Waals surface area contributed by atoms with Gasteiger partial charge >= 0.3 is 0 Å². The SMILES string of the molecule is Cc1cc(OCn2ccc(C(=O)NCCCN(C)C)n2)ccc1Cl. The summed E-state index contributed by atoms with van der Waals surface area (Å²) in [5, 5.41) is 7.78. The zero-order valence-electron chi connectivity index (χ0n) is 14.3. The van der Waals surface area contributed by atoms with E-state index in [2.05, 4.69) is 15.3 Å². The monoisotopic (exact) mass is 350 g/mol. The average Bonchev–Trinajstić information content (AvgIpc) is 3.01. The van der Waals surface area contributed by atoms with E-state index in [9.17, 15) is 4.79 Å². The number of rotatable bonds is 8. The van der Waals surface area contributed by atoms with Crippen LogP contribution in [-0.4, -0.2) is 47.8 Å². The fraction of sp³-hybridized carbons (Fsp3) is 0.412. The molecule has 130 valence electrons. The molecule has 0 atom stereocenters. The Morgan fingerprint density at radius 3 is 2.88 bits per heavy atom. The number of halogens is 1. The largest absolute Gasteiger partial charge is 0.471 e. The van der Waals surface area contributed by atoms with E-state index < -0.39 is 0 Å². The average molecular weight is 351 g/mol. The number of aromatic nitrogens is 2. The van der Waals surface area contributed by atoms with Crippen molar-refractivity contribution < 1.29 is 9.53 Å². The lowest BCUT2D eigenvalue weighted by Gasteiger charge is -2.09. The highest BCUT2D eigenvalue weighted by molar-refractivity contribution is 6.31. The summed E-state index contributed by atoms with van der Waals surface area (Å²) in [5.41, 5.74) is 1.34. The number of carbonyl (C=O) groups is 1. The van der Waals surface area contributed by atoms with Crippen LogP contribution >= 0.6 is 11.6 Å². The van der Waals surface area contributed by atoms with Crippen LogP contribution in [0.25, 0.3) is 0 Å². The molecule has 1 N–H and O–H groups in total. The van der Waals surface area contributed by atoms with E-state index in [1.807, 2.05) is 27.1 Å². The molecule has 0 fully saturated rings. The van der Waals surface area contributed by atoms with Crippen LogP contribution in [0.15, 0.2) is 30.5 Å². The van der Waals surface area contributed by atoms with Crippen molar-refractivity contribution in [2.45, 2.75) is 20.1 Å². The van der Waals surface area contributed by atoms with Gasteiger partial charge in [0.25, 0.3) is 5.91 Å². The van der Waals surface area contributed by atoms with Crippen molar-refractivity contribution in [1.82, 2.24) is 20.0 Å². The first-order valence-electron chi connectivity index (χ1n) is 7.81. The molecule has 0 unspecified atom stereocenters. The molecule has 24 heavy (non-hydrogen) atoms. The molecule has 0 aliphatic carbocycles. The Morgan fingerprint density at radius 1 is 1.38 bits per heavy atom. The maximum Gasteiger partial charge on any atom is 0.271 e. The highest BCUT2D eigenvalue weighted by atomic mass is 35.5. The van der Waals surface area contributed by atoms with E-state index >= 15 is 0 Å². The van der Waals surface area contributed by atoms with E-state index in [1.54, 1.807) is 29.1 Å². The van der Waals surface area contributed by atoms with Gasteiger partial charge in [0.2, 0.25) is 0 Å². The highest BCUT2D eigenvalue weighted by Gasteiger charge is 2.09. The molecule has 6 nitrogen and oxygen atoms in total. The van der Waals surface area contributed by atoms with Crippen molar-refractivity contribution in [2.24, 2.45) is 0 Å². The number of nitrogens with zero attached hydrogens (tertiary/aromatic N) is 3. The summed E-state index contributed by atoms with van der Waals surface area (Å²) in [6.45, 7) is 3.71. The number of carbonyl (C=O) groups excluding carboxylic acids is 1. The topological polar surface area (TPSA) is 59.4 Å². The fourth-order valence-corrected chi connectivity index (χ4v) is 2.21. The second-order valence-corrected chi connectivity index (χ2v) is 6.24. The van der Waals surface area contributed by atoms with Gasteiger partial charge in [0.05, 0.1) is 0 Å². The maximum atomic E-state index is 12.0. The molecule has 0 radical (unpaired) electrons. The van der Waals surface area contributed by atoms with Crippen LogP contribution in [0.5, 0.6) is 5.75 Å². The molecule has 1 amide bonds. The minimum Gasteiger partial charge on any atom is -0.471 e. The van der Waals surface area contributed by atoms with Gasteiger partial charge in [-0.15, -0.1) is 0 Å². The molecule has 0 aliphatic heterocycles.